The van der Waals surface area contributed by atoms with Crippen LogP contribution in [-0.2, 0) is 0 Å². The molecule has 0 amide bonds. The number of rotatable bonds is 2. The summed E-state index contributed by atoms with van der Waals surface area (Å²) in [6.07, 6.45) is 8.61. The summed E-state index contributed by atoms with van der Waals surface area (Å²) >= 11 is 5.77. The minimum atomic E-state index is 0.384. The second-order valence-corrected chi connectivity index (χ2v) is 4.81. The average Bonchev–Trinajstić information content (AvgIpc) is 2.30. The van der Waals surface area contributed by atoms with Gasteiger partial charge in [0.05, 0.1) is 0 Å². The molecule has 0 N–H and O–H groups in total. The van der Waals surface area contributed by atoms with E-state index in [0.29, 0.717) is 11.1 Å². The van der Waals surface area contributed by atoms with Crippen LogP contribution in [0.15, 0.2) is 18.3 Å². The molecule has 0 spiro atoms. The topological polar surface area (TPSA) is 12.9 Å². The second-order valence-electron chi connectivity index (χ2n) is 4.42. The van der Waals surface area contributed by atoms with Gasteiger partial charge in [0.15, 0.2) is 0 Å². The van der Waals surface area contributed by atoms with Crippen LogP contribution >= 0.6 is 11.6 Å². The van der Waals surface area contributed by atoms with Gasteiger partial charge in [-0.15, -0.1) is 0 Å². The maximum Gasteiger partial charge on any atom is 0.129 e. The molecule has 1 saturated carbocycles. The fraction of sp³-hybridized carbons (Fsp3) is 0.538. The summed E-state index contributed by atoms with van der Waals surface area (Å²) in [5, 5.41) is 0.564. The maximum absolute atomic E-state index is 5.77. The highest BCUT2D eigenvalue weighted by Gasteiger charge is 2.21. The summed E-state index contributed by atoms with van der Waals surface area (Å²) in [5.74, 6) is 1.12. The van der Waals surface area contributed by atoms with Gasteiger partial charge in [-0.05, 0) is 43.2 Å². The van der Waals surface area contributed by atoms with Gasteiger partial charge in [-0.3, -0.25) is 0 Å². The molecule has 1 atom stereocenters. The lowest BCUT2D eigenvalue weighted by Gasteiger charge is -2.27. The van der Waals surface area contributed by atoms with E-state index in [1.807, 2.05) is 12.3 Å². The third-order valence-corrected chi connectivity index (χ3v) is 3.62. The molecule has 1 fully saturated rings. The fourth-order valence-corrected chi connectivity index (χ4v) is 2.53. The Morgan fingerprint density at radius 2 is 2.00 bits per heavy atom. The van der Waals surface area contributed by atoms with Crippen molar-refractivity contribution in [1.29, 1.82) is 0 Å². The maximum atomic E-state index is 5.77. The van der Waals surface area contributed by atoms with Crippen LogP contribution in [0.2, 0.25) is 5.15 Å². The summed E-state index contributed by atoms with van der Waals surface area (Å²) in [6, 6.07) is 3.92. The third kappa shape index (κ3) is 2.72. The number of hydrogen-bond donors (Lipinski definition) is 0. The Morgan fingerprint density at radius 3 is 2.60 bits per heavy atom. The number of pyridine rings is 1. The van der Waals surface area contributed by atoms with Crippen LogP contribution in [0.25, 0.3) is 0 Å². The zero-order valence-electron chi connectivity index (χ0n) is 8.95. The molecular weight excluding hydrogens is 206 g/mol. The van der Waals surface area contributed by atoms with E-state index in [1.54, 1.807) is 0 Å². The highest BCUT2D eigenvalue weighted by Crippen LogP contribution is 2.35. The summed E-state index contributed by atoms with van der Waals surface area (Å²) < 4.78 is 0. The molecule has 1 nitrogen and oxygen atoms in total. The van der Waals surface area contributed by atoms with E-state index in [4.69, 9.17) is 11.6 Å². The van der Waals surface area contributed by atoms with Crippen molar-refractivity contribution in [3.05, 3.63) is 36.0 Å². The molecule has 1 unspecified atom stereocenters. The minimum Gasteiger partial charge on any atom is -0.244 e. The molecule has 81 valence electrons. The molecule has 2 rings (SSSR count). The largest absolute Gasteiger partial charge is 0.244 e. The monoisotopic (exact) mass is 222 g/mol. The van der Waals surface area contributed by atoms with Crippen molar-refractivity contribution in [2.45, 2.75) is 38.0 Å². The van der Waals surface area contributed by atoms with Crippen LogP contribution in [0, 0.1) is 12.8 Å². The Kier molecular flexibility index (Phi) is 3.63. The van der Waals surface area contributed by atoms with Crippen LogP contribution in [-0.4, -0.2) is 4.98 Å². The molecule has 1 aliphatic rings. The van der Waals surface area contributed by atoms with Gasteiger partial charge in [-0.1, -0.05) is 36.9 Å². The first-order valence-electron chi connectivity index (χ1n) is 5.72. The molecule has 1 radical (unpaired) electrons. The standard InChI is InChI=1S/C13H17ClN/c1-10(11-5-3-2-4-6-11)12-7-8-13(14)15-9-12/h7-11H,1-6H2. The minimum absolute atomic E-state index is 0.384. The summed E-state index contributed by atoms with van der Waals surface area (Å²) in [6.45, 7) is 4.28. The van der Waals surface area contributed by atoms with E-state index >= 15 is 0 Å². The number of hydrogen-bond acceptors (Lipinski definition) is 1. The highest BCUT2D eigenvalue weighted by atomic mass is 35.5. The number of aromatic nitrogens is 1. The quantitative estimate of drug-likeness (QED) is 0.683. The first kappa shape index (κ1) is 10.9. The van der Waals surface area contributed by atoms with Gasteiger partial charge in [0.25, 0.3) is 0 Å². The lowest BCUT2D eigenvalue weighted by molar-refractivity contribution is 0.330. The predicted molar refractivity (Wildman–Crippen MR) is 63.9 cm³/mol. The molecule has 0 bridgehead atoms. The van der Waals surface area contributed by atoms with Gasteiger partial charge in [-0.2, -0.15) is 0 Å². The highest BCUT2D eigenvalue weighted by molar-refractivity contribution is 6.29. The van der Waals surface area contributed by atoms with Crippen molar-refractivity contribution < 1.29 is 0 Å². The molecular formula is C13H17ClN. The predicted octanol–water partition coefficient (Wildman–Crippen LogP) is 4.23. The first-order chi connectivity index (χ1) is 7.27. The van der Waals surface area contributed by atoms with Crippen LogP contribution in [0.3, 0.4) is 0 Å². The van der Waals surface area contributed by atoms with Gasteiger partial charge in [0, 0.05) is 6.20 Å². The van der Waals surface area contributed by atoms with E-state index < -0.39 is 0 Å². The van der Waals surface area contributed by atoms with Crippen molar-refractivity contribution in [1.82, 2.24) is 4.98 Å². The molecule has 0 aromatic carbocycles. The van der Waals surface area contributed by atoms with E-state index in [1.165, 1.54) is 37.7 Å². The molecule has 0 aliphatic heterocycles. The molecule has 0 saturated heterocycles. The summed E-state index contributed by atoms with van der Waals surface area (Å²) in [7, 11) is 0. The first-order valence-corrected chi connectivity index (χ1v) is 6.09. The van der Waals surface area contributed by atoms with E-state index in [2.05, 4.69) is 18.0 Å². The van der Waals surface area contributed by atoms with Crippen molar-refractivity contribution in [3.8, 4) is 0 Å². The van der Waals surface area contributed by atoms with Gasteiger partial charge in [-0.25, -0.2) is 4.98 Å². The van der Waals surface area contributed by atoms with E-state index in [9.17, 15) is 0 Å². The van der Waals surface area contributed by atoms with Crippen LogP contribution < -0.4 is 0 Å². The molecule has 1 heterocycles. The van der Waals surface area contributed by atoms with Gasteiger partial charge >= 0.3 is 0 Å². The van der Waals surface area contributed by atoms with Gasteiger partial charge in [0.1, 0.15) is 5.15 Å². The Balaban J connectivity index is 2.05. The van der Waals surface area contributed by atoms with Crippen molar-refractivity contribution in [2.24, 2.45) is 5.92 Å². The molecule has 15 heavy (non-hydrogen) atoms. The van der Waals surface area contributed by atoms with Crippen molar-refractivity contribution in [2.75, 3.05) is 0 Å². The summed E-state index contributed by atoms with van der Waals surface area (Å²) in [4.78, 5) is 4.12. The molecule has 1 aromatic rings. The zero-order valence-corrected chi connectivity index (χ0v) is 9.71. The van der Waals surface area contributed by atoms with Gasteiger partial charge in [0.2, 0.25) is 0 Å². The van der Waals surface area contributed by atoms with Crippen molar-refractivity contribution in [3.63, 3.8) is 0 Å². The number of halogens is 1. The lowest BCUT2D eigenvalue weighted by Crippen LogP contribution is -2.14. The average molecular weight is 223 g/mol. The third-order valence-electron chi connectivity index (χ3n) is 3.40. The van der Waals surface area contributed by atoms with Crippen LogP contribution in [0.1, 0.15) is 43.6 Å². The number of nitrogens with zero attached hydrogens (tertiary/aromatic N) is 1. The van der Waals surface area contributed by atoms with Crippen molar-refractivity contribution >= 4 is 11.6 Å². The van der Waals surface area contributed by atoms with E-state index in [-0.39, 0.29) is 0 Å². The van der Waals surface area contributed by atoms with Crippen LogP contribution in [0.5, 0.6) is 0 Å². The smallest absolute Gasteiger partial charge is 0.129 e. The normalized spacial score (nSPS) is 20.1. The fourth-order valence-electron chi connectivity index (χ4n) is 2.42. The lowest BCUT2D eigenvalue weighted by atomic mass is 9.78. The molecule has 1 aromatic heterocycles. The molecule has 1 aliphatic carbocycles. The SMILES string of the molecule is [CH2]C(c1ccc(Cl)nc1)C1CCCCC1. The Hall–Kier alpha value is -0.560. The second kappa shape index (κ2) is 4.98. The Bertz CT molecular complexity index is 301. The Morgan fingerprint density at radius 1 is 1.27 bits per heavy atom. The summed E-state index contributed by atoms with van der Waals surface area (Å²) in [5.41, 5.74) is 1.23. The van der Waals surface area contributed by atoms with Crippen LogP contribution in [0.4, 0.5) is 0 Å². The zero-order chi connectivity index (χ0) is 10.7. The Labute approximate surface area is 96.9 Å². The molecule has 2 heteroatoms. The van der Waals surface area contributed by atoms with Gasteiger partial charge < -0.3 is 0 Å². The van der Waals surface area contributed by atoms with E-state index in [0.717, 1.165) is 5.92 Å².